The zero-order valence-corrected chi connectivity index (χ0v) is 23.7. The zero-order chi connectivity index (χ0) is 27.9. The van der Waals surface area contributed by atoms with Gasteiger partial charge in [-0.3, -0.25) is 13.9 Å². The number of nitrogens with zero attached hydrogens (tertiary/aromatic N) is 2. The minimum atomic E-state index is -4.10. The van der Waals surface area contributed by atoms with E-state index in [9.17, 15) is 18.0 Å². The van der Waals surface area contributed by atoms with Crippen LogP contribution >= 0.6 is 11.6 Å². The molecule has 3 aromatic carbocycles. The predicted octanol–water partition coefficient (Wildman–Crippen LogP) is 5.18. The van der Waals surface area contributed by atoms with Gasteiger partial charge < -0.3 is 10.2 Å². The number of anilines is 1. The van der Waals surface area contributed by atoms with Gasteiger partial charge in [-0.1, -0.05) is 61.0 Å². The van der Waals surface area contributed by atoms with Gasteiger partial charge in [-0.2, -0.15) is 0 Å². The summed E-state index contributed by atoms with van der Waals surface area (Å²) in [5.41, 5.74) is 2.12. The van der Waals surface area contributed by atoms with E-state index < -0.39 is 28.5 Å². The number of amides is 2. The average molecular weight is 556 g/mol. The first kappa shape index (κ1) is 29.2. The minimum Gasteiger partial charge on any atom is -0.352 e. The Labute approximate surface area is 230 Å². The highest BCUT2D eigenvalue weighted by Gasteiger charge is 2.32. The van der Waals surface area contributed by atoms with Crippen molar-refractivity contribution in [2.75, 3.05) is 10.8 Å². The lowest BCUT2D eigenvalue weighted by Crippen LogP contribution is -2.52. The fraction of sp³-hybridized carbons (Fsp3) is 0.310. The molecule has 0 saturated heterocycles. The van der Waals surface area contributed by atoms with Crippen molar-refractivity contribution in [2.24, 2.45) is 0 Å². The number of sulfonamides is 1. The van der Waals surface area contributed by atoms with E-state index in [1.807, 2.05) is 45.0 Å². The number of halogens is 1. The van der Waals surface area contributed by atoms with Crippen molar-refractivity contribution in [2.45, 2.75) is 57.6 Å². The van der Waals surface area contributed by atoms with E-state index in [2.05, 4.69) is 5.32 Å². The second-order valence-corrected chi connectivity index (χ2v) is 11.5. The SMILES string of the molecule is CC[C@H](C)NC(=O)[C@H](C)N(Cc1ccccc1C)C(=O)CN(c1ccc(Cl)cc1)S(=O)(=O)c1ccccc1. The van der Waals surface area contributed by atoms with E-state index in [1.165, 1.54) is 17.0 Å². The predicted molar refractivity (Wildman–Crippen MR) is 152 cm³/mol. The maximum Gasteiger partial charge on any atom is 0.264 e. The molecule has 0 spiro atoms. The van der Waals surface area contributed by atoms with Crippen LogP contribution in [0.25, 0.3) is 0 Å². The zero-order valence-electron chi connectivity index (χ0n) is 22.1. The van der Waals surface area contributed by atoms with Crippen LogP contribution in [0.3, 0.4) is 0 Å². The Bertz CT molecular complexity index is 1350. The Morgan fingerprint density at radius 3 is 2.13 bits per heavy atom. The van der Waals surface area contributed by atoms with Gasteiger partial charge in [0.05, 0.1) is 10.6 Å². The molecule has 0 saturated carbocycles. The summed E-state index contributed by atoms with van der Waals surface area (Å²) >= 11 is 6.05. The Morgan fingerprint density at radius 2 is 1.53 bits per heavy atom. The molecule has 38 heavy (non-hydrogen) atoms. The number of rotatable bonds is 11. The fourth-order valence-corrected chi connectivity index (χ4v) is 5.44. The molecule has 2 amide bonds. The second-order valence-electron chi connectivity index (χ2n) is 9.24. The third-order valence-corrected chi connectivity index (χ3v) is 8.54. The number of nitrogens with one attached hydrogen (secondary N) is 1. The first-order chi connectivity index (χ1) is 18.0. The molecule has 3 rings (SSSR count). The lowest BCUT2D eigenvalue weighted by molar-refractivity contribution is -0.139. The molecule has 0 radical (unpaired) electrons. The van der Waals surface area contributed by atoms with Crippen molar-refractivity contribution in [3.63, 3.8) is 0 Å². The monoisotopic (exact) mass is 555 g/mol. The standard InChI is InChI=1S/C29H34ClN3O4S/c1-5-22(3)31-29(35)23(4)32(19-24-12-10-9-11-21(24)2)28(34)20-33(26-17-15-25(30)16-18-26)38(36,37)27-13-7-6-8-14-27/h6-18,22-23H,5,19-20H2,1-4H3,(H,31,35)/t22-,23-/m0/s1. The van der Waals surface area contributed by atoms with Crippen LogP contribution in [0, 0.1) is 6.92 Å². The van der Waals surface area contributed by atoms with Crippen LogP contribution in [-0.2, 0) is 26.2 Å². The van der Waals surface area contributed by atoms with Crippen LogP contribution in [0.15, 0.2) is 83.8 Å². The molecule has 0 fully saturated rings. The summed E-state index contributed by atoms with van der Waals surface area (Å²) in [6.07, 6.45) is 0.740. The van der Waals surface area contributed by atoms with E-state index in [4.69, 9.17) is 11.6 Å². The lowest BCUT2D eigenvalue weighted by Gasteiger charge is -2.32. The van der Waals surface area contributed by atoms with Gasteiger partial charge in [0, 0.05) is 17.6 Å². The van der Waals surface area contributed by atoms with Gasteiger partial charge in [0.2, 0.25) is 11.8 Å². The van der Waals surface area contributed by atoms with Crippen LogP contribution in [0.4, 0.5) is 5.69 Å². The van der Waals surface area contributed by atoms with E-state index >= 15 is 0 Å². The topological polar surface area (TPSA) is 86.8 Å². The average Bonchev–Trinajstić information content (AvgIpc) is 2.91. The molecule has 9 heteroatoms. The Balaban J connectivity index is 2.02. The van der Waals surface area contributed by atoms with Gasteiger partial charge in [0.1, 0.15) is 12.6 Å². The third-order valence-electron chi connectivity index (χ3n) is 6.49. The van der Waals surface area contributed by atoms with Crippen molar-refractivity contribution >= 4 is 39.1 Å². The first-order valence-corrected chi connectivity index (χ1v) is 14.3. The molecule has 0 unspecified atom stereocenters. The largest absolute Gasteiger partial charge is 0.352 e. The molecule has 0 aliphatic carbocycles. The lowest BCUT2D eigenvalue weighted by atomic mass is 10.1. The number of aryl methyl sites for hydroxylation is 1. The van der Waals surface area contributed by atoms with Crippen LogP contribution in [-0.4, -0.2) is 43.8 Å². The molecule has 1 N–H and O–H groups in total. The minimum absolute atomic E-state index is 0.0516. The van der Waals surface area contributed by atoms with Crippen molar-refractivity contribution in [3.8, 4) is 0 Å². The highest BCUT2D eigenvalue weighted by atomic mass is 35.5. The smallest absolute Gasteiger partial charge is 0.264 e. The molecule has 202 valence electrons. The van der Waals surface area contributed by atoms with Crippen LogP contribution in [0.5, 0.6) is 0 Å². The molecule has 0 aliphatic rings. The quantitative estimate of drug-likeness (QED) is 0.353. The highest BCUT2D eigenvalue weighted by molar-refractivity contribution is 7.92. The van der Waals surface area contributed by atoms with Gasteiger partial charge in [0.15, 0.2) is 0 Å². The summed E-state index contributed by atoms with van der Waals surface area (Å²) in [5.74, 6) is -0.806. The molecule has 0 heterocycles. The molecular formula is C29H34ClN3O4S. The number of carbonyl (C=O) groups excluding carboxylic acids is 2. The number of carbonyl (C=O) groups is 2. The summed E-state index contributed by atoms with van der Waals surface area (Å²) < 4.78 is 28.5. The van der Waals surface area contributed by atoms with Crippen molar-refractivity contribution in [1.29, 1.82) is 0 Å². The van der Waals surface area contributed by atoms with Crippen molar-refractivity contribution in [3.05, 3.63) is 95.0 Å². The van der Waals surface area contributed by atoms with Crippen LogP contribution < -0.4 is 9.62 Å². The van der Waals surface area contributed by atoms with Gasteiger partial charge in [0.25, 0.3) is 10.0 Å². The molecule has 0 bridgehead atoms. The molecule has 3 aromatic rings. The van der Waals surface area contributed by atoms with Gasteiger partial charge in [-0.15, -0.1) is 0 Å². The highest BCUT2D eigenvalue weighted by Crippen LogP contribution is 2.26. The normalized spacial score (nSPS) is 12.9. The summed E-state index contributed by atoms with van der Waals surface area (Å²) in [5, 5.41) is 3.37. The van der Waals surface area contributed by atoms with E-state index in [0.29, 0.717) is 10.7 Å². The van der Waals surface area contributed by atoms with Crippen molar-refractivity contribution in [1.82, 2.24) is 10.2 Å². The number of hydrogen-bond donors (Lipinski definition) is 1. The molecule has 2 atom stereocenters. The molecule has 7 nitrogen and oxygen atoms in total. The first-order valence-electron chi connectivity index (χ1n) is 12.5. The van der Waals surface area contributed by atoms with Gasteiger partial charge >= 0.3 is 0 Å². The summed E-state index contributed by atoms with van der Waals surface area (Å²) in [7, 11) is -4.10. The molecular weight excluding hydrogens is 522 g/mol. The summed E-state index contributed by atoms with van der Waals surface area (Å²) in [4.78, 5) is 28.5. The Hall–Kier alpha value is -3.36. The summed E-state index contributed by atoms with van der Waals surface area (Å²) in [6.45, 7) is 7.11. The van der Waals surface area contributed by atoms with Crippen LogP contribution in [0.2, 0.25) is 5.02 Å². The van der Waals surface area contributed by atoms with E-state index in [-0.39, 0.29) is 23.4 Å². The third kappa shape index (κ3) is 7.14. The second kappa shape index (κ2) is 12.9. The summed E-state index contributed by atoms with van der Waals surface area (Å²) in [6, 6.07) is 20.9. The number of hydrogen-bond acceptors (Lipinski definition) is 4. The van der Waals surface area contributed by atoms with Crippen molar-refractivity contribution < 1.29 is 18.0 Å². The molecule has 0 aromatic heterocycles. The van der Waals surface area contributed by atoms with Gasteiger partial charge in [-0.25, -0.2) is 8.42 Å². The number of benzene rings is 3. The Morgan fingerprint density at radius 1 is 0.921 bits per heavy atom. The van der Waals surface area contributed by atoms with Gasteiger partial charge in [-0.05, 0) is 74.7 Å². The van der Waals surface area contributed by atoms with E-state index in [0.717, 1.165) is 21.9 Å². The van der Waals surface area contributed by atoms with Crippen LogP contribution in [0.1, 0.15) is 38.3 Å². The fourth-order valence-electron chi connectivity index (χ4n) is 3.87. The maximum atomic E-state index is 13.9. The van der Waals surface area contributed by atoms with E-state index in [1.54, 1.807) is 49.4 Å². The Kier molecular flexibility index (Phi) is 9.94. The molecule has 0 aliphatic heterocycles. The maximum absolute atomic E-state index is 13.9.